The Hall–Kier alpha value is -2.55. The summed E-state index contributed by atoms with van der Waals surface area (Å²) in [5.74, 6) is 0. The van der Waals surface area contributed by atoms with Crippen molar-refractivity contribution in [1.29, 1.82) is 0 Å². The largest absolute Gasteiger partial charge is 0.444 e. The van der Waals surface area contributed by atoms with E-state index in [1.165, 1.54) is 22.1 Å². The molecule has 0 radical (unpaired) electrons. The average Bonchev–Trinajstić information content (AvgIpc) is 3.32. The first-order valence-electron chi connectivity index (χ1n) is 11.6. The molecular weight excluding hydrogens is 442 g/mol. The number of amides is 3. The summed E-state index contributed by atoms with van der Waals surface area (Å²) in [4.78, 5) is 26.5. The third-order valence-electron chi connectivity index (χ3n) is 6.62. The van der Waals surface area contributed by atoms with Gasteiger partial charge in [0.2, 0.25) is 0 Å². The van der Waals surface area contributed by atoms with Crippen LogP contribution in [0.25, 0.3) is 0 Å². The van der Waals surface area contributed by atoms with Gasteiger partial charge in [-0.15, -0.1) is 0 Å². The number of carbonyl (C=O) groups excluding carboxylic acids is 2. The van der Waals surface area contributed by atoms with E-state index in [9.17, 15) is 18.0 Å². The molecule has 0 aromatic heterocycles. The van der Waals surface area contributed by atoms with Crippen LogP contribution in [0.4, 0.5) is 15.3 Å². The standard InChI is InChI=1S/C24H33N3O5S/c1-23(2,3)32-22(29)27-13-11-24(27,4)12-14-33(30,31)26-21(28)25-20-18-9-5-7-16(18)15-17-8-6-10-19(17)20/h12,14-15H,5-11,13H2,1-4H3,(H2,25,26,28). The van der Waals surface area contributed by atoms with Gasteiger partial charge in [0.05, 0.1) is 5.54 Å². The molecule has 1 unspecified atom stereocenters. The monoisotopic (exact) mass is 475 g/mol. The van der Waals surface area contributed by atoms with Crippen LogP contribution in [0.2, 0.25) is 0 Å². The Morgan fingerprint density at radius 1 is 1.09 bits per heavy atom. The van der Waals surface area contributed by atoms with Gasteiger partial charge in [0.1, 0.15) is 5.60 Å². The summed E-state index contributed by atoms with van der Waals surface area (Å²) >= 11 is 0. The van der Waals surface area contributed by atoms with Crippen molar-refractivity contribution in [2.75, 3.05) is 11.9 Å². The van der Waals surface area contributed by atoms with E-state index in [-0.39, 0.29) is 0 Å². The maximum atomic E-state index is 12.6. The fraction of sp³-hybridized carbons (Fsp3) is 0.583. The van der Waals surface area contributed by atoms with Gasteiger partial charge in [0.25, 0.3) is 10.0 Å². The first kappa shape index (κ1) is 23.6. The number of rotatable bonds is 4. The number of benzene rings is 1. The lowest BCUT2D eigenvalue weighted by atomic mass is 9.87. The van der Waals surface area contributed by atoms with Crippen LogP contribution >= 0.6 is 0 Å². The molecule has 1 saturated heterocycles. The number of hydrogen-bond acceptors (Lipinski definition) is 5. The molecule has 3 amide bonds. The Labute approximate surface area is 195 Å². The van der Waals surface area contributed by atoms with Crippen molar-refractivity contribution in [3.63, 3.8) is 0 Å². The van der Waals surface area contributed by atoms with Gasteiger partial charge in [-0.2, -0.15) is 0 Å². The first-order chi connectivity index (χ1) is 15.4. The zero-order valence-electron chi connectivity index (χ0n) is 19.8. The van der Waals surface area contributed by atoms with Crippen molar-refractivity contribution < 1.29 is 22.7 Å². The topological polar surface area (TPSA) is 105 Å². The molecule has 4 rings (SSSR count). The molecule has 0 bridgehead atoms. The van der Waals surface area contributed by atoms with E-state index in [1.807, 2.05) is 0 Å². The summed E-state index contributed by atoms with van der Waals surface area (Å²) in [6.45, 7) is 7.59. The number of fused-ring (bicyclic) bond motifs is 2. The molecule has 0 saturated carbocycles. The zero-order chi connectivity index (χ0) is 24.0. The number of urea groups is 1. The van der Waals surface area contributed by atoms with Crippen molar-refractivity contribution in [1.82, 2.24) is 9.62 Å². The molecule has 180 valence electrons. The number of nitrogens with zero attached hydrogens (tertiary/aromatic N) is 1. The van der Waals surface area contributed by atoms with Crippen LogP contribution in [0.15, 0.2) is 17.6 Å². The van der Waals surface area contributed by atoms with Crippen molar-refractivity contribution >= 4 is 27.8 Å². The molecular formula is C24H33N3O5S. The van der Waals surface area contributed by atoms with E-state index in [0.717, 1.165) is 60.7 Å². The van der Waals surface area contributed by atoms with Crippen molar-refractivity contribution in [3.8, 4) is 0 Å². The summed E-state index contributed by atoms with van der Waals surface area (Å²) in [6.07, 6.45) is 7.41. The lowest BCUT2D eigenvalue weighted by Crippen LogP contribution is -2.60. The van der Waals surface area contributed by atoms with Crippen LogP contribution in [0.3, 0.4) is 0 Å². The van der Waals surface area contributed by atoms with Gasteiger partial charge in [-0.05, 0) is 101 Å². The van der Waals surface area contributed by atoms with E-state index < -0.39 is 33.3 Å². The molecule has 1 atom stereocenters. The van der Waals surface area contributed by atoms with Crippen LogP contribution in [0.1, 0.15) is 69.2 Å². The van der Waals surface area contributed by atoms with Gasteiger partial charge in [0, 0.05) is 17.6 Å². The Morgan fingerprint density at radius 2 is 1.70 bits per heavy atom. The van der Waals surface area contributed by atoms with Crippen molar-refractivity contribution in [2.45, 2.75) is 83.8 Å². The van der Waals surface area contributed by atoms with E-state index in [0.29, 0.717) is 13.0 Å². The summed E-state index contributed by atoms with van der Waals surface area (Å²) in [5.41, 5.74) is 4.15. The van der Waals surface area contributed by atoms with Crippen LogP contribution in [-0.4, -0.2) is 43.1 Å². The highest BCUT2D eigenvalue weighted by Crippen LogP contribution is 2.38. The molecule has 1 fully saturated rings. The Balaban J connectivity index is 1.43. The fourth-order valence-electron chi connectivity index (χ4n) is 4.87. The third-order valence-corrected chi connectivity index (χ3v) is 7.59. The Kier molecular flexibility index (Phi) is 5.97. The van der Waals surface area contributed by atoms with Crippen molar-refractivity contribution in [2.24, 2.45) is 0 Å². The molecule has 0 spiro atoms. The van der Waals surface area contributed by atoms with Gasteiger partial charge in [0.15, 0.2) is 0 Å². The minimum atomic E-state index is -4.04. The first-order valence-corrected chi connectivity index (χ1v) is 13.1. The van der Waals surface area contributed by atoms with Gasteiger partial charge in [-0.1, -0.05) is 6.07 Å². The van der Waals surface area contributed by atoms with E-state index in [1.54, 1.807) is 27.7 Å². The molecule has 1 aliphatic heterocycles. The van der Waals surface area contributed by atoms with Crippen LogP contribution in [-0.2, 0) is 40.4 Å². The van der Waals surface area contributed by atoms with E-state index in [2.05, 4.69) is 16.1 Å². The molecule has 2 N–H and O–H groups in total. The lowest BCUT2D eigenvalue weighted by Gasteiger charge is -2.48. The molecule has 8 nitrogen and oxygen atoms in total. The van der Waals surface area contributed by atoms with Gasteiger partial charge >= 0.3 is 12.1 Å². The fourth-order valence-corrected chi connectivity index (χ4v) is 5.72. The summed E-state index contributed by atoms with van der Waals surface area (Å²) < 4.78 is 32.7. The minimum Gasteiger partial charge on any atom is -0.444 e. The molecule has 1 aromatic rings. The molecule has 9 heteroatoms. The van der Waals surface area contributed by atoms with Gasteiger partial charge in [-0.25, -0.2) is 22.7 Å². The van der Waals surface area contributed by atoms with Gasteiger partial charge < -0.3 is 10.1 Å². The SMILES string of the molecule is CC(C)(C)OC(=O)N1CCC1(C)C=CS(=O)(=O)NC(=O)Nc1c2c(cc3c1CCC3)CCC2. The van der Waals surface area contributed by atoms with Crippen LogP contribution in [0, 0.1) is 0 Å². The number of nitrogens with one attached hydrogen (secondary N) is 2. The average molecular weight is 476 g/mol. The number of sulfonamides is 1. The molecule has 2 aliphatic carbocycles. The number of carbonyl (C=O) groups is 2. The highest BCUT2D eigenvalue weighted by atomic mass is 32.2. The highest BCUT2D eigenvalue weighted by Gasteiger charge is 2.43. The number of aryl methyl sites for hydroxylation is 2. The van der Waals surface area contributed by atoms with Crippen molar-refractivity contribution in [3.05, 3.63) is 39.8 Å². The Morgan fingerprint density at radius 3 is 2.21 bits per heavy atom. The van der Waals surface area contributed by atoms with Crippen LogP contribution in [0.5, 0.6) is 0 Å². The molecule has 33 heavy (non-hydrogen) atoms. The number of hydrogen-bond donors (Lipinski definition) is 2. The third kappa shape index (κ3) is 5.03. The van der Waals surface area contributed by atoms with Gasteiger partial charge in [-0.3, -0.25) is 4.90 Å². The normalized spacial score (nSPS) is 22.0. The Bertz CT molecular complexity index is 1090. The lowest BCUT2D eigenvalue weighted by molar-refractivity contribution is -0.0211. The minimum absolute atomic E-state index is 0.480. The maximum absolute atomic E-state index is 12.6. The second-order valence-corrected chi connectivity index (χ2v) is 11.9. The summed E-state index contributed by atoms with van der Waals surface area (Å²) in [7, 11) is -4.04. The summed E-state index contributed by atoms with van der Waals surface area (Å²) in [5, 5.41) is 3.79. The molecule has 3 aliphatic rings. The van der Waals surface area contributed by atoms with Crippen LogP contribution < -0.4 is 10.0 Å². The maximum Gasteiger partial charge on any atom is 0.410 e. The second-order valence-electron chi connectivity index (χ2n) is 10.4. The van der Waals surface area contributed by atoms with E-state index >= 15 is 0 Å². The predicted octanol–water partition coefficient (Wildman–Crippen LogP) is 4.03. The number of ether oxygens (including phenoxy) is 1. The van der Waals surface area contributed by atoms with E-state index in [4.69, 9.17) is 4.74 Å². The summed E-state index contributed by atoms with van der Waals surface area (Å²) in [6, 6.07) is 1.49. The number of anilines is 1. The zero-order valence-corrected chi connectivity index (χ0v) is 20.6. The molecule has 1 heterocycles. The number of likely N-dealkylation sites (tertiary alicyclic amines) is 1. The highest BCUT2D eigenvalue weighted by molar-refractivity contribution is 7.92. The quantitative estimate of drug-likeness (QED) is 0.684. The molecule has 1 aromatic carbocycles. The second kappa shape index (κ2) is 8.34. The predicted molar refractivity (Wildman–Crippen MR) is 127 cm³/mol. The smallest absolute Gasteiger partial charge is 0.410 e.